The van der Waals surface area contributed by atoms with E-state index in [2.05, 4.69) is 71.9 Å². The van der Waals surface area contributed by atoms with Crippen LogP contribution in [0.15, 0.2) is 24.3 Å². The van der Waals surface area contributed by atoms with Crippen molar-refractivity contribution in [3.63, 3.8) is 0 Å². The third kappa shape index (κ3) is 2.83. The third-order valence-electron chi connectivity index (χ3n) is 3.87. The van der Waals surface area contributed by atoms with Gasteiger partial charge in [-0.15, -0.1) is 0 Å². The molecule has 0 aliphatic carbocycles. The topological polar surface area (TPSA) is 0 Å². The van der Waals surface area contributed by atoms with Crippen molar-refractivity contribution in [1.29, 1.82) is 0 Å². The zero-order valence-electron chi connectivity index (χ0n) is 13.0. The first kappa shape index (κ1) is 14.1. The summed E-state index contributed by atoms with van der Waals surface area (Å²) in [5.74, 6) is 1.67. The van der Waals surface area contributed by atoms with Gasteiger partial charge in [0.2, 0.25) is 0 Å². The van der Waals surface area contributed by atoms with E-state index in [-0.39, 0.29) is 0 Å². The Morgan fingerprint density at radius 3 is 2.00 bits per heavy atom. The molecular weight excluding hydrogens is 228 g/mol. The molecule has 0 heterocycles. The maximum atomic E-state index is 3.45. The van der Waals surface area contributed by atoms with Gasteiger partial charge in [-0.25, -0.2) is 0 Å². The molecule has 0 amide bonds. The van der Waals surface area contributed by atoms with Crippen LogP contribution in [0.5, 0.6) is 0 Å². The van der Waals surface area contributed by atoms with Crippen LogP contribution in [0.25, 0.3) is 10.8 Å². The van der Waals surface area contributed by atoms with Crippen LogP contribution in [0.4, 0.5) is 0 Å². The van der Waals surface area contributed by atoms with E-state index < -0.39 is 0 Å². The van der Waals surface area contributed by atoms with Crippen molar-refractivity contribution in [2.24, 2.45) is 0 Å². The van der Waals surface area contributed by atoms with Crippen LogP contribution in [-0.2, 0) is 0 Å². The van der Waals surface area contributed by atoms with Gasteiger partial charge in [0.1, 0.15) is 0 Å². The molecule has 0 nitrogen and oxygen atoms in total. The maximum absolute atomic E-state index is 3.45. The fraction of sp³-hybridized carbons (Fsp3) is 0.474. The molecule has 0 bridgehead atoms. The Balaban J connectivity index is 2.72. The molecule has 2 rings (SSSR count). The van der Waals surface area contributed by atoms with Gasteiger partial charge in [0, 0.05) is 0 Å². The summed E-state index contributed by atoms with van der Waals surface area (Å²) >= 11 is 0. The van der Waals surface area contributed by atoms with Crippen molar-refractivity contribution in [3.05, 3.63) is 47.0 Å². The van der Waals surface area contributed by atoms with Crippen molar-refractivity contribution in [3.8, 4) is 0 Å². The molecule has 0 aromatic heterocycles. The number of rotatable bonds is 3. The highest BCUT2D eigenvalue weighted by Gasteiger charge is 2.11. The van der Waals surface area contributed by atoms with Crippen LogP contribution in [0, 0.1) is 6.07 Å². The lowest BCUT2D eigenvalue weighted by molar-refractivity contribution is 0.840. The Morgan fingerprint density at radius 1 is 0.789 bits per heavy atom. The molecular formula is C19H25. The van der Waals surface area contributed by atoms with Crippen LogP contribution in [0.1, 0.15) is 76.0 Å². The van der Waals surface area contributed by atoms with Crippen LogP contribution in [-0.4, -0.2) is 0 Å². The second-order valence-electron chi connectivity index (χ2n) is 6.47. The van der Waals surface area contributed by atoms with E-state index in [0.29, 0.717) is 17.8 Å². The minimum Gasteiger partial charge on any atom is -0.0587 e. The SMILES string of the molecule is CC(C)c1[c]cc2c(C(C)C)cc(C(C)C)cc2c1. The summed E-state index contributed by atoms with van der Waals surface area (Å²) in [6.07, 6.45) is 0. The first-order valence-corrected chi connectivity index (χ1v) is 7.39. The van der Waals surface area contributed by atoms with Gasteiger partial charge in [-0.2, -0.15) is 0 Å². The first-order valence-electron chi connectivity index (χ1n) is 7.39. The molecule has 0 saturated carbocycles. The quantitative estimate of drug-likeness (QED) is 0.628. The molecule has 2 aromatic rings. The molecule has 0 aliphatic heterocycles. The van der Waals surface area contributed by atoms with E-state index in [1.54, 1.807) is 0 Å². The van der Waals surface area contributed by atoms with Crippen LogP contribution < -0.4 is 0 Å². The largest absolute Gasteiger partial charge is 0.0587 e. The van der Waals surface area contributed by atoms with Crippen LogP contribution in [0.2, 0.25) is 0 Å². The monoisotopic (exact) mass is 253 g/mol. The van der Waals surface area contributed by atoms with E-state index in [1.165, 1.54) is 27.5 Å². The molecule has 0 fully saturated rings. The van der Waals surface area contributed by atoms with Crippen molar-refractivity contribution in [2.45, 2.75) is 59.3 Å². The van der Waals surface area contributed by atoms with E-state index in [0.717, 1.165) is 0 Å². The minimum absolute atomic E-state index is 0.537. The summed E-state index contributed by atoms with van der Waals surface area (Å²) in [4.78, 5) is 0. The lowest BCUT2D eigenvalue weighted by Crippen LogP contribution is -1.96. The summed E-state index contributed by atoms with van der Waals surface area (Å²) in [6.45, 7) is 13.5. The minimum atomic E-state index is 0.537. The zero-order valence-corrected chi connectivity index (χ0v) is 13.0. The molecule has 1 radical (unpaired) electrons. The Bertz CT molecular complexity index is 569. The molecule has 19 heavy (non-hydrogen) atoms. The first-order chi connectivity index (χ1) is 8.90. The van der Waals surface area contributed by atoms with E-state index >= 15 is 0 Å². The highest BCUT2D eigenvalue weighted by atomic mass is 14.2. The summed E-state index contributed by atoms with van der Waals surface area (Å²) in [5, 5.41) is 2.74. The maximum Gasteiger partial charge on any atom is -0.0140 e. The standard InChI is InChI=1S/C19H25/c1-12(2)15-7-8-18-17(9-15)10-16(13(3)4)11-19(18)14(5)6/h8-14H,1-6H3. The number of hydrogen-bond donors (Lipinski definition) is 0. The number of benzene rings is 2. The molecule has 0 saturated heterocycles. The number of fused-ring (bicyclic) bond motifs is 1. The molecule has 101 valence electrons. The highest BCUT2D eigenvalue weighted by molar-refractivity contribution is 5.87. The molecule has 0 N–H and O–H groups in total. The molecule has 0 unspecified atom stereocenters. The van der Waals surface area contributed by atoms with E-state index in [1.807, 2.05) is 0 Å². The summed E-state index contributed by atoms with van der Waals surface area (Å²) in [5.41, 5.74) is 4.20. The van der Waals surface area contributed by atoms with Gasteiger partial charge in [0.25, 0.3) is 0 Å². The Labute approximate surface area is 117 Å². The molecule has 0 aliphatic rings. The molecule has 2 aromatic carbocycles. The van der Waals surface area contributed by atoms with Gasteiger partial charge in [-0.3, -0.25) is 0 Å². The average Bonchev–Trinajstić information content (AvgIpc) is 2.36. The van der Waals surface area contributed by atoms with Gasteiger partial charge in [-0.05, 0) is 57.3 Å². The normalized spacial score (nSPS) is 12.1. The lowest BCUT2D eigenvalue weighted by atomic mass is 9.88. The van der Waals surface area contributed by atoms with Crippen LogP contribution >= 0.6 is 0 Å². The molecule has 0 spiro atoms. The average molecular weight is 253 g/mol. The van der Waals surface area contributed by atoms with Crippen molar-refractivity contribution in [2.75, 3.05) is 0 Å². The van der Waals surface area contributed by atoms with Crippen molar-refractivity contribution < 1.29 is 0 Å². The predicted octanol–water partition coefficient (Wildman–Crippen LogP) is 6.01. The lowest BCUT2D eigenvalue weighted by Gasteiger charge is -2.16. The second kappa shape index (κ2) is 5.36. The van der Waals surface area contributed by atoms with Gasteiger partial charge < -0.3 is 0 Å². The van der Waals surface area contributed by atoms with Crippen molar-refractivity contribution in [1.82, 2.24) is 0 Å². The van der Waals surface area contributed by atoms with E-state index in [9.17, 15) is 0 Å². The van der Waals surface area contributed by atoms with Crippen molar-refractivity contribution >= 4 is 10.8 Å². The summed E-state index contributed by atoms with van der Waals surface area (Å²) in [6, 6.07) is 12.7. The van der Waals surface area contributed by atoms with E-state index in [4.69, 9.17) is 0 Å². The summed E-state index contributed by atoms with van der Waals surface area (Å²) in [7, 11) is 0. The smallest absolute Gasteiger partial charge is 0.0140 e. The molecule has 0 heteroatoms. The Morgan fingerprint density at radius 2 is 1.47 bits per heavy atom. The van der Waals surface area contributed by atoms with Gasteiger partial charge >= 0.3 is 0 Å². The summed E-state index contributed by atoms with van der Waals surface area (Å²) < 4.78 is 0. The van der Waals surface area contributed by atoms with Crippen LogP contribution in [0.3, 0.4) is 0 Å². The van der Waals surface area contributed by atoms with Gasteiger partial charge in [-0.1, -0.05) is 59.7 Å². The fourth-order valence-electron chi connectivity index (χ4n) is 2.52. The zero-order chi connectivity index (χ0) is 14.2. The van der Waals surface area contributed by atoms with Gasteiger partial charge in [0.05, 0.1) is 0 Å². The fourth-order valence-corrected chi connectivity index (χ4v) is 2.52. The molecule has 0 atom stereocenters. The van der Waals surface area contributed by atoms with Gasteiger partial charge in [0.15, 0.2) is 0 Å². The highest BCUT2D eigenvalue weighted by Crippen LogP contribution is 2.31. The Kier molecular flexibility index (Phi) is 3.99. The predicted molar refractivity (Wildman–Crippen MR) is 85.1 cm³/mol. The Hall–Kier alpha value is -1.30. The third-order valence-corrected chi connectivity index (χ3v) is 3.87. The number of hydrogen-bond acceptors (Lipinski definition) is 0. The second-order valence-corrected chi connectivity index (χ2v) is 6.47.